The monoisotopic (exact) mass is 281 g/mol. The van der Waals surface area contributed by atoms with Crippen LogP contribution in [0.3, 0.4) is 0 Å². The Balaban J connectivity index is 1.94. The molecule has 3 rings (SSSR count). The third-order valence-corrected chi connectivity index (χ3v) is 3.54. The molecule has 0 aliphatic rings. The molecule has 0 aliphatic carbocycles. The van der Waals surface area contributed by atoms with E-state index in [4.69, 9.17) is 4.74 Å². The van der Waals surface area contributed by atoms with Gasteiger partial charge in [0.05, 0.1) is 19.3 Å². The second kappa shape index (κ2) is 5.97. The first kappa shape index (κ1) is 13.6. The molecule has 0 unspecified atom stereocenters. The summed E-state index contributed by atoms with van der Waals surface area (Å²) in [5.41, 5.74) is 3.50. The van der Waals surface area contributed by atoms with Gasteiger partial charge >= 0.3 is 0 Å². The molecule has 1 aromatic carbocycles. The molecule has 2 aromatic heterocycles. The zero-order valence-electron chi connectivity index (χ0n) is 12.3. The number of methoxy groups -OCH3 is 1. The molecule has 0 fully saturated rings. The summed E-state index contributed by atoms with van der Waals surface area (Å²) in [6.07, 6.45) is 2.11. The van der Waals surface area contributed by atoms with Crippen LogP contribution in [-0.2, 0) is 13.1 Å². The van der Waals surface area contributed by atoms with Crippen LogP contribution in [0.15, 0.2) is 48.7 Å². The first-order chi connectivity index (χ1) is 10.3. The molecule has 0 saturated carbocycles. The van der Waals surface area contributed by atoms with Gasteiger partial charge in [0, 0.05) is 24.3 Å². The van der Waals surface area contributed by atoms with Crippen molar-refractivity contribution in [2.75, 3.05) is 14.2 Å². The topological polar surface area (TPSA) is 39.1 Å². The van der Waals surface area contributed by atoms with Gasteiger partial charge in [-0.05, 0) is 36.2 Å². The first-order valence-corrected chi connectivity index (χ1v) is 7.02. The van der Waals surface area contributed by atoms with E-state index in [2.05, 4.69) is 45.3 Å². The zero-order chi connectivity index (χ0) is 14.7. The minimum absolute atomic E-state index is 0.653. The van der Waals surface area contributed by atoms with Gasteiger partial charge in [0.1, 0.15) is 0 Å². The van der Waals surface area contributed by atoms with Crippen molar-refractivity contribution in [2.24, 2.45) is 0 Å². The van der Waals surface area contributed by atoms with Crippen LogP contribution in [0.1, 0.15) is 11.3 Å². The number of hydrogen-bond donors (Lipinski definition) is 1. The van der Waals surface area contributed by atoms with Crippen LogP contribution in [-0.4, -0.2) is 23.7 Å². The van der Waals surface area contributed by atoms with Gasteiger partial charge in [0.2, 0.25) is 5.88 Å². The van der Waals surface area contributed by atoms with Crippen molar-refractivity contribution in [2.45, 2.75) is 13.1 Å². The van der Waals surface area contributed by atoms with Crippen molar-refractivity contribution < 1.29 is 4.74 Å². The Labute approximate surface area is 124 Å². The van der Waals surface area contributed by atoms with E-state index in [1.807, 2.05) is 25.2 Å². The summed E-state index contributed by atoms with van der Waals surface area (Å²) in [4.78, 5) is 4.48. The fraction of sp³-hybridized carbons (Fsp3) is 0.235. The Hall–Kier alpha value is -2.33. The lowest BCUT2D eigenvalue weighted by Gasteiger charge is -2.08. The van der Waals surface area contributed by atoms with E-state index in [1.165, 1.54) is 16.5 Å². The minimum Gasteiger partial charge on any atom is -0.481 e. The highest BCUT2D eigenvalue weighted by Crippen LogP contribution is 2.19. The molecule has 0 atom stereocenters. The molecule has 21 heavy (non-hydrogen) atoms. The lowest BCUT2D eigenvalue weighted by molar-refractivity contribution is 0.396. The number of nitrogens with one attached hydrogen (secondary N) is 1. The minimum atomic E-state index is 0.653. The van der Waals surface area contributed by atoms with Gasteiger partial charge < -0.3 is 14.6 Å². The summed E-state index contributed by atoms with van der Waals surface area (Å²) in [5.74, 6) is 0.653. The molecule has 2 heterocycles. The van der Waals surface area contributed by atoms with Gasteiger partial charge in [-0.3, -0.25) is 0 Å². The first-order valence-electron chi connectivity index (χ1n) is 7.02. The smallest absolute Gasteiger partial charge is 0.213 e. The third-order valence-electron chi connectivity index (χ3n) is 3.54. The molecule has 0 aliphatic heterocycles. The Bertz CT molecular complexity index is 749. The van der Waals surface area contributed by atoms with E-state index < -0.39 is 0 Å². The highest BCUT2D eigenvalue weighted by atomic mass is 16.5. The van der Waals surface area contributed by atoms with Gasteiger partial charge in [-0.25, -0.2) is 4.98 Å². The molecule has 0 saturated heterocycles. The molecular formula is C17H19N3O. The van der Waals surface area contributed by atoms with E-state index in [0.717, 1.165) is 18.8 Å². The van der Waals surface area contributed by atoms with Crippen LogP contribution in [0.5, 0.6) is 5.88 Å². The number of ether oxygens (including phenoxy) is 1. The third kappa shape index (κ3) is 2.90. The van der Waals surface area contributed by atoms with Gasteiger partial charge in [0.15, 0.2) is 0 Å². The van der Waals surface area contributed by atoms with Crippen molar-refractivity contribution in [1.29, 1.82) is 0 Å². The maximum Gasteiger partial charge on any atom is 0.213 e. The van der Waals surface area contributed by atoms with Crippen LogP contribution >= 0.6 is 0 Å². The Kier molecular flexibility index (Phi) is 3.88. The van der Waals surface area contributed by atoms with Crippen LogP contribution in [0, 0.1) is 0 Å². The molecule has 0 radical (unpaired) electrons. The average Bonchev–Trinajstić information content (AvgIpc) is 2.90. The van der Waals surface area contributed by atoms with Crippen molar-refractivity contribution in [1.82, 2.24) is 14.9 Å². The molecule has 0 spiro atoms. The number of hydrogen-bond acceptors (Lipinski definition) is 3. The van der Waals surface area contributed by atoms with E-state index in [9.17, 15) is 0 Å². The van der Waals surface area contributed by atoms with Crippen LogP contribution in [0.4, 0.5) is 0 Å². The molecular weight excluding hydrogens is 262 g/mol. The Morgan fingerprint density at radius 1 is 1.19 bits per heavy atom. The zero-order valence-corrected chi connectivity index (χ0v) is 12.3. The number of nitrogens with zero attached hydrogens (tertiary/aromatic N) is 2. The maximum absolute atomic E-state index is 5.18. The molecule has 1 N–H and O–H groups in total. The Morgan fingerprint density at radius 2 is 2.10 bits per heavy atom. The van der Waals surface area contributed by atoms with Crippen molar-refractivity contribution in [3.63, 3.8) is 0 Å². The number of fused-ring (bicyclic) bond motifs is 1. The van der Waals surface area contributed by atoms with Crippen molar-refractivity contribution in [3.8, 4) is 5.88 Å². The summed E-state index contributed by atoms with van der Waals surface area (Å²) in [6.45, 7) is 1.61. The second-order valence-electron chi connectivity index (χ2n) is 5.04. The van der Waals surface area contributed by atoms with Gasteiger partial charge in [0.25, 0.3) is 0 Å². The van der Waals surface area contributed by atoms with Gasteiger partial charge in [-0.2, -0.15) is 0 Å². The fourth-order valence-corrected chi connectivity index (χ4v) is 2.52. The summed E-state index contributed by atoms with van der Waals surface area (Å²) in [7, 11) is 3.60. The molecule has 4 nitrogen and oxygen atoms in total. The second-order valence-corrected chi connectivity index (χ2v) is 5.04. The molecule has 0 bridgehead atoms. The average molecular weight is 281 g/mol. The highest BCUT2D eigenvalue weighted by Gasteiger charge is 2.05. The van der Waals surface area contributed by atoms with E-state index in [0.29, 0.717) is 5.88 Å². The summed E-state index contributed by atoms with van der Waals surface area (Å²) >= 11 is 0. The van der Waals surface area contributed by atoms with Crippen molar-refractivity contribution in [3.05, 3.63) is 59.9 Å². The van der Waals surface area contributed by atoms with Crippen LogP contribution in [0.25, 0.3) is 10.9 Å². The van der Waals surface area contributed by atoms with E-state index in [1.54, 1.807) is 7.11 Å². The number of aromatic nitrogens is 2. The lowest BCUT2D eigenvalue weighted by atomic mass is 10.1. The van der Waals surface area contributed by atoms with Crippen molar-refractivity contribution >= 4 is 10.9 Å². The predicted molar refractivity (Wildman–Crippen MR) is 84.6 cm³/mol. The lowest BCUT2D eigenvalue weighted by Crippen LogP contribution is -2.05. The molecule has 0 amide bonds. The van der Waals surface area contributed by atoms with E-state index in [-0.39, 0.29) is 0 Å². The quantitative estimate of drug-likeness (QED) is 0.781. The normalized spacial score (nSPS) is 11.0. The summed E-state index contributed by atoms with van der Waals surface area (Å²) in [6, 6.07) is 14.5. The standard InChI is InChI=1S/C17H19N3O/c1-18-11-13-6-7-14-8-9-20(16(14)10-13)12-15-4-3-5-17(19-15)21-2/h3-10,18H,11-12H2,1-2H3. The Morgan fingerprint density at radius 3 is 2.90 bits per heavy atom. The summed E-state index contributed by atoms with van der Waals surface area (Å²) < 4.78 is 7.40. The fourth-order valence-electron chi connectivity index (χ4n) is 2.52. The number of benzene rings is 1. The van der Waals surface area contributed by atoms with Gasteiger partial charge in [-0.1, -0.05) is 18.2 Å². The molecule has 3 aromatic rings. The van der Waals surface area contributed by atoms with Gasteiger partial charge in [-0.15, -0.1) is 0 Å². The molecule has 4 heteroatoms. The number of pyridine rings is 1. The molecule has 108 valence electrons. The number of rotatable bonds is 5. The SMILES string of the molecule is CNCc1ccc2ccn(Cc3cccc(OC)n3)c2c1. The van der Waals surface area contributed by atoms with E-state index >= 15 is 0 Å². The highest BCUT2D eigenvalue weighted by molar-refractivity contribution is 5.80. The van der Waals surface area contributed by atoms with Crippen LogP contribution < -0.4 is 10.1 Å². The predicted octanol–water partition coefficient (Wildman–Crippen LogP) is 2.81. The van der Waals surface area contributed by atoms with Crippen LogP contribution in [0.2, 0.25) is 0 Å². The largest absolute Gasteiger partial charge is 0.481 e. The maximum atomic E-state index is 5.18. The summed E-state index contributed by atoms with van der Waals surface area (Å²) in [5, 5.41) is 4.43.